The van der Waals surface area contributed by atoms with Crippen LogP contribution in [0.1, 0.15) is 18.1 Å². The number of nitrogens with zero attached hydrogens (tertiary/aromatic N) is 1. The molecule has 4 heteroatoms. The number of halogens is 1. The highest BCUT2D eigenvalue weighted by Crippen LogP contribution is 2.20. The Morgan fingerprint density at radius 3 is 2.63 bits per heavy atom. The summed E-state index contributed by atoms with van der Waals surface area (Å²) >= 11 is 3.40. The van der Waals surface area contributed by atoms with Crippen molar-refractivity contribution in [2.75, 3.05) is 6.61 Å². The molecule has 0 amide bonds. The van der Waals surface area contributed by atoms with E-state index in [1.54, 1.807) is 6.20 Å². The quantitative estimate of drug-likeness (QED) is 0.890. The van der Waals surface area contributed by atoms with Crippen LogP contribution in [-0.2, 0) is 12.1 Å². The SMILES string of the molecule is CC(CO)(NCc1cncc(Br)c1)c1ccccc1. The molecule has 1 aromatic carbocycles. The van der Waals surface area contributed by atoms with Crippen molar-refractivity contribution in [3.8, 4) is 0 Å². The Hall–Kier alpha value is -1.23. The van der Waals surface area contributed by atoms with E-state index < -0.39 is 5.54 Å². The van der Waals surface area contributed by atoms with Gasteiger partial charge in [-0.05, 0) is 40.0 Å². The van der Waals surface area contributed by atoms with Gasteiger partial charge in [-0.15, -0.1) is 0 Å². The van der Waals surface area contributed by atoms with Crippen LogP contribution in [0.15, 0.2) is 53.3 Å². The van der Waals surface area contributed by atoms with Gasteiger partial charge in [0, 0.05) is 23.4 Å². The van der Waals surface area contributed by atoms with Crippen molar-refractivity contribution in [1.82, 2.24) is 10.3 Å². The lowest BCUT2D eigenvalue weighted by molar-refractivity contribution is 0.173. The minimum Gasteiger partial charge on any atom is -0.394 e. The maximum absolute atomic E-state index is 9.68. The van der Waals surface area contributed by atoms with Gasteiger partial charge in [-0.2, -0.15) is 0 Å². The molecule has 2 N–H and O–H groups in total. The average Bonchev–Trinajstić information content (AvgIpc) is 2.46. The van der Waals surface area contributed by atoms with Crippen LogP contribution in [-0.4, -0.2) is 16.7 Å². The molecule has 19 heavy (non-hydrogen) atoms. The number of hydrogen-bond donors (Lipinski definition) is 2. The maximum atomic E-state index is 9.68. The van der Waals surface area contributed by atoms with E-state index in [1.165, 1.54) is 0 Å². The third-order valence-corrected chi connectivity index (χ3v) is 3.61. The van der Waals surface area contributed by atoms with Crippen LogP contribution >= 0.6 is 15.9 Å². The van der Waals surface area contributed by atoms with Crippen molar-refractivity contribution in [1.29, 1.82) is 0 Å². The molecule has 0 spiro atoms. The average molecular weight is 321 g/mol. The van der Waals surface area contributed by atoms with Crippen LogP contribution in [0.3, 0.4) is 0 Å². The largest absolute Gasteiger partial charge is 0.394 e. The summed E-state index contributed by atoms with van der Waals surface area (Å²) in [6.45, 7) is 2.69. The number of aliphatic hydroxyl groups is 1. The highest BCUT2D eigenvalue weighted by molar-refractivity contribution is 9.10. The van der Waals surface area contributed by atoms with Crippen molar-refractivity contribution in [3.05, 3.63) is 64.4 Å². The summed E-state index contributed by atoms with van der Waals surface area (Å²) in [6.07, 6.45) is 3.58. The standard InChI is InChI=1S/C15H17BrN2O/c1-15(11-19,13-5-3-2-4-6-13)18-9-12-7-14(16)10-17-8-12/h2-8,10,18-19H,9,11H2,1H3. The second-order valence-corrected chi connectivity index (χ2v) is 5.64. The van der Waals surface area contributed by atoms with Gasteiger partial charge in [0.05, 0.1) is 12.1 Å². The minimum absolute atomic E-state index is 0.0401. The summed E-state index contributed by atoms with van der Waals surface area (Å²) in [5, 5.41) is 13.1. The van der Waals surface area contributed by atoms with Gasteiger partial charge in [0.1, 0.15) is 0 Å². The first kappa shape index (κ1) is 14.2. The second-order valence-electron chi connectivity index (χ2n) is 4.72. The Balaban J connectivity index is 2.11. The van der Waals surface area contributed by atoms with E-state index in [1.807, 2.05) is 49.5 Å². The molecule has 0 aliphatic carbocycles. The normalized spacial score (nSPS) is 14.1. The molecule has 3 nitrogen and oxygen atoms in total. The Kier molecular flexibility index (Phi) is 4.69. The molecular formula is C15H17BrN2O. The predicted octanol–water partition coefficient (Wildman–Crippen LogP) is 2.84. The number of nitrogens with one attached hydrogen (secondary N) is 1. The highest BCUT2D eigenvalue weighted by atomic mass is 79.9. The summed E-state index contributed by atoms with van der Waals surface area (Å²) in [5.41, 5.74) is 1.69. The third kappa shape index (κ3) is 3.62. The monoisotopic (exact) mass is 320 g/mol. The van der Waals surface area contributed by atoms with E-state index in [0.29, 0.717) is 6.54 Å². The van der Waals surface area contributed by atoms with Gasteiger partial charge < -0.3 is 10.4 Å². The van der Waals surface area contributed by atoms with E-state index in [-0.39, 0.29) is 6.61 Å². The zero-order valence-electron chi connectivity index (χ0n) is 10.8. The number of hydrogen-bond acceptors (Lipinski definition) is 3. The zero-order valence-corrected chi connectivity index (χ0v) is 12.4. The maximum Gasteiger partial charge on any atom is 0.0652 e. The second kappa shape index (κ2) is 6.28. The number of aliphatic hydroxyl groups excluding tert-OH is 1. The first-order valence-electron chi connectivity index (χ1n) is 6.15. The van der Waals surface area contributed by atoms with Crippen LogP contribution in [0.4, 0.5) is 0 Å². The fourth-order valence-corrected chi connectivity index (χ4v) is 2.32. The Morgan fingerprint density at radius 1 is 1.26 bits per heavy atom. The molecule has 0 radical (unpaired) electrons. The van der Waals surface area contributed by atoms with Crippen molar-refractivity contribution in [3.63, 3.8) is 0 Å². The van der Waals surface area contributed by atoms with E-state index in [2.05, 4.69) is 26.2 Å². The fourth-order valence-electron chi connectivity index (χ4n) is 1.90. The van der Waals surface area contributed by atoms with Gasteiger partial charge in [0.2, 0.25) is 0 Å². The van der Waals surface area contributed by atoms with E-state index in [4.69, 9.17) is 0 Å². The minimum atomic E-state index is -0.455. The molecular weight excluding hydrogens is 304 g/mol. The zero-order chi connectivity index (χ0) is 13.7. The molecule has 2 aromatic rings. The van der Waals surface area contributed by atoms with Crippen LogP contribution in [0.5, 0.6) is 0 Å². The topological polar surface area (TPSA) is 45.1 Å². The van der Waals surface area contributed by atoms with Gasteiger partial charge >= 0.3 is 0 Å². The molecule has 0 saturated carbocycles. The van der Waals surface area contributed by atoms with Crippen molar-refractivity contribution in [2.24, 2.45) is 0 Å². The molecule has 2 rings (SSSR count). The molecule has 1 aromatic heterocycles. The highest BCUT2D eigenvalue weighted by Gasteiger charge is 2.24. The summed E-state index contributed by atoms with van der Waals surface area (Å²) in [6, 6.07) is 12.0. The number of pyridine rings is 1. The molecule has 1 unspecified atom stereocenters. The fraction of sp³-hybridized carbons (Fsp3) is 0.267. The Morgan fingerprint density at radius 2 is 2.00 bits per heavy atom. The van der Waals surface area contributed by atoms with Crippen molar-refractivity contribution < 1.29 is 5.11 Å². The van der Waals surface area contributed by atoms with Gasteiger partial charge in [-0.25, -0.2) is 0 Å². The van der Waals surface area contributed by atoms with Crippen molar-refractivity contribution in [2.45, 2.75) is 19.0 Å². The summed E-state index contributed by atoms with van der Waals surface area (Å²) in [7, 11) is 0. The molecule has 0 fully saturated rings. The molecule has 1 heterocycles. The third-order valence-electron chi connectivity index (χ3n) is 3.17. The first-order chi connectivity index (χ1) is 9.14. The molecule has 0 aliphatic rings. The summed E-state index contributed by atoms with van der Waals surface area (Å²) < 4.78 is 0.956. The van der Waals surface area contributed by atoms with E-state index in [0.717, 1.165) is 15.6 Å². The van der Waals surface area contributed by atoms with E-state index in [9.17, 15) is 5.11 Å². The van der Waals surface area contributed by atoms with E-state index >= 15 is 0 Å². The van der Waals surface area contributed by atoms with Gasteiger partial charge in [0.15, 0.2) is 0 Å². The predicted molar refractivity (Wildman–Crippen MR) is 79.7 cm³/mol. The van der Waals surface area contributed by atoms with Crippen LogP contribution in [0.2, 0.25) is 0 Å². The number of aromatic nitrogens is 1. The molecule has 0 saturated heterocycles. The number of rotatable bonds is 5. The summed E-state index contributed by atoms with van der Waals surface area (Å²) in [5.74, 6) is 0. The van der Waals surface area contributed by atoms with Gasteiger partial charge in [0.25, 0.3) is 0 Å². The van der Waals surface area contributed by atoms with Crippen LogP contribution in [0.25, 0.3) is 0 Å². The lowest BCUT2D eigenvalue weighted by Crippen LogP contribution is -2.42. The van der Waals surface area contributed by atoms with Gasteiger partial charge in [-0.3, -0.25) is 4.98 Å². The lowest BCUT2D eigenvalue weighted by atomic mass is 9.92. The molecule has 0 bridgehead atoms. The van der Waals surface area contributed by atoms with Gasteiger partial charge in [-0.1, -0.05) is 30.3 Å². The van der Waals surface area contributed by atoms with Crippen molar-refractivity contribution >= 4 is 15.9 Å². The Bertz CT molecular complexity index is 533. The molecule has 1 atom stereocenters. The smallest absolute Gasteiger partial charge is 0.0652 e. The first-order valence-corrected chi connectivity index (χ1v) is 6.94. The van der Waals surface area contributed by atoms with Crippen LogP contribution < -0.4 is 5.32 Å². The Labute approximate surface area is 121 Å². The molecule has 100 valence electrons. The van der Waals surface area contributed by atoms with Crippen LogP contribution in [0, 0.1) is 0 Å². The molecule has 0 aliphatic heterocycles. The lowest BCUT2D eigenvalue weighted by Gasteiger charge is -2.29. The number of benzene rings is 1. The summed E-state index contributed by atoms with van der Waals surface area (Å²) in [4.78, 5) is 4.13.